The fraction of sp³-hybridized carbons (Fsp3) is 0.238. The number of aryl methyl sites for hydroxylation is 1. The molecular formula is C63H62N3OPt-. The topological polar surface area (TPSA) is 50.9 Å². The van der Waals surface area contributed by atoms with Gasteiger partial charge in [0.1, 0.15) is 11.6 Å². The Hall–Kier alpha value is -6.35. The van der Waals surface area contributed by atoms with Crippen LogP contribution in [0.25, 0.3) is 83.9 Å². The van der Waals surface area contributed by atoms with E-state index in [9.17, 15) is 5.11 Å². The van der Waals surface area contributed by atoms with Crippen molar-refractivity contribution in [3.8, 4) is 78.6 Å². The first-order valence-electron chi connectivity index (χ1n) is 25.3. The molecule has 0 aliphatic heterocycles. The minimum absolute atomic E-state index is 0. The molecule has 0 radical (unpaired) electrons. The van der Waals surface area contributed by atoms with Gasteiger partial charge in [0.25, 0.3) is 0 Å². The van der Waals surface area contributed by atoms with E-state index >= 15 is 0 Å². The zero-order chi connectivity index (χ0) is 50.8. The quantitative estimate of drug-likeness (QED) is 0.147. The molecule has 0 bridgehead atoms. The summed E-state index contributed by atoms with van der Waals surface area (Å²) < 4.78 is 38.3. The monoisotopic (exact) mass is 1080 g/mol. The molecule has 1 N–H and O–H groups in total. The van der Waals surface area contributed by atoms with Crippen molar-refractivity contribution in [2.24, 2.45) is 0 Å². The molecule has 7 aromatic carbocycles. The van der Waals surface area contributed by atoms with Gasteiger partial charge in [0, 0.05) is 44.0 Å². The van der Waals surface area contributed by atoms with Crippen molar-refractivity contribution in [1.82, 2.24) is 14.5 Å². The minimum atomic E-state index is -2.57. The average molecular weight is 1080 g/mol. The summed E-state index contributed by atoms with van der Waals surface area (Å²) in [6.45, 7) is 18.2. The van der Waals surface area contributed by atoms with Gasteiger partial charge in [-0.15, -0.1) is 23.8 Å². The van der Waals surface area contributed by atoms with Crippen molar-refractivity contribution in [2.75, 3.05) is 0 Å². The predicted molar refractivity (Wildman–Crippen MR) is 282 cm³/mol. The molecule has 9 rings (SSSR count). The molecule has 0 aliphatic rings. The molecule has 5 heteroatoms. The first kappa shape index (κ1) is 43.0. The number of rotatable bonds is 9. The second kappa shape index (κ2) is 19.0. The fourth-order valence-electron chi connectivity index (χ4n) is 8.94. The van der Waals surface area contributed by atoms with Crippen LogP contribution in [0.2, 0.25) is 0 Å². The van der Waals surface area contributed by atoms with Gasteiger partial charge in [0.2, 0.25) is 0 Å². The first-order chi connectivity index (χ1) is 33.5. The standard InChI is InChI=1S/C63H62N3O.Pt/c1-39(2)46-30-47(40(3)4)32-49(31-46)44-25-26-57(41(5)29-44)66-58-24-18-23-53(59(58)65-61(66)54-37-52(62(6,7)8)38-55(60(54)67)63(9,10)11)50-33-48(43-21-16-13-17-22-43)34-51(35-50)56-36-45(27-28-64-56)42-19-14-12-15-20-42;/h12-34,36-40,67H,1-11H3;/q-1;/i5D3,39D;. The van der Waals surface area contributed by atoms with Crippen LogP contribution in [-0.2, 0) is 31.9 Å². The van der Waals surface area contributed by atoms with Crippen molar-refractivity contribution in [3.05, 3.63) is 192 Å². The fourth-order valence-corrected chi connectivity index (χ4v) is 8.94. The van der Waals surface area contributed by atoms with Gasteiger partial charge in [-0.25, -0.2) is 4.98 Å². The van der Waals surface area contributed by atoms with E-state index in [1.807, 2.05) is 110 Å². The van der Waals surface area contributed by atoms with Crippen LogP contribution in [0, 0.1) is 12.9 Å². The number of nitrogens with zero attached hydrogens (tertiary/aromatic N) is 3. The van der Waals surface area contributed by atoms with Crippen LogP contribution in [0.3, 0.4) is 0 Å². The molecular weight excluding hydrogens is 1010 g/mol. The van der Waals surface area contributed by atoms with Gasteiger partial charge in [-0.2, -0.15) is 0 Å². The van der Waals surface area contributed by atoms with Crippen molar-refractivity contribution in [1.29, 1.82) is 0 Å². The molecule has 0 amide bonds. The molecule has 0 atom stereocenters. The summed E-state index contributed by atoms with van der Waals surface area (Å²) in [4.78, 5) is 10.4. The third-order valence-electron chi connectivity index (χ3n) is 12.9. The van der Waals surface area contributed by atoms with Crippen molar-refractivity contribution < 1.29 is 31.7 Å². The van der Waals surface area contributed by atoms with Gasteiger partial charge in [-0.05, 0) is 110 Å². The SMILES string of the molecule is [2H]C([2H])([2H])c1cc(-c2cc(C(C)C)cc(C([2H])(C)C)c2)ccc1-n1c(-c2cc(C(C)(C)C)cc(C(C)(C)C)c2O)nc2c(-c3[c-]c(-c4cc(-c5ccccc5)ccn4)cc(-c4ccccc4)c3)cccc21.[Pt]. The maximum atomic E-state index is 12.6. The molecule has 2 heterocycles. The van der Waals surface area contributed by atoms with Crippen molar-refractivity contribution in [2.45, 2.75) is 98.7 Å². The second-order valence-electron chi connectivity index (χ2n) is 20.5. The maximum Gasteiger partial charge on any atom is 0.148 e. The van der Waals surface area contributed by atoms with Crippen LogP contribution in [0.4, 0.5) is 0 Å². The minimum Gasteiger partial charge on any atom is -0.507 e. The van der Waals surface area contributed by atoms with Crippen LogP contribution in [-0.4, -0.2) is 19.6 Å². The molecule has 0 saturated heterocycles. The Morgan fingerprint density at radius 3 is 1.90 bits per heavy atom. The summed E-state index contributed by atoms with van der Waals surface area (Å²) in [5.74, 6) is -0.169. The Morgan fingerprint density at radius 2 is 1.25 bits per heavy atom. The molecule has 68 heavy (non-hydrogen) atoms. The number of benzene rings is 7. The summed E-state index contributed by atoms with van der Waals surface area (Å²) in [5.41, 5.74) is 14.1. The summed E-state index contributed by atoms with van der Waals surface area (Å²) in [5, 5.41) is 12.6. The van der Waals surface area contributed by atoms with E-state index in [2.05, 4.69) is 122 Å². The van der Waals surface area contributed by atoms with Gasteiger partial charge >= 0.3 is 0 Å². The zero-order valence-electron chi connectivity index (χ0n) is 44.7. The summed E-state index contributed by atoms with van der Waals surface area (Å²) >= 11 is 0. The van der Waals surface area contributed by atoms with E-state index in [0.717, 1.165) is 78.0 Å². The molecule has 9 aromatic rings. The number of aromatic nitrogens is 3. The van der Waals surface area contributed by atoms with Crippen LogP contribution < -0.4 is 0 Å². The zero-order valence-corrected chi connectivity index (χ0v) is 43.0. The van der Waals surface area contributed by atoms with Crippen LogP contribution in [0.5, 0.6) is 5.75 Å². The van der Waals surface area contributed by atoms with E-state index in [0.29, 0.717) is 28.1 Å². The molecule has 0 unspecified atom stereocenters. The van der Waals surface area contributed by atoms with Gasteiger partial charge in [0.15, 0.2) is 0 Å². The Morgan fingerprint density at radius 1 is 0.603 bits per heavy atom. The van der Waals surface area contributed by atoms with Crippen LogP contribution in [0.1, 0.15) is 114 Å². The van der Waals surface area contributed by atoms with E-state index < -0.39 is 18.2 Å². The van der Waals surface area contributed by atoms with Crippen LogP contribution >= 0.6 is 0 Å². The smallest absolute Gasteiger partial charge is 0.148 e. The second-order valence-corrected chi connectivity index (χ2v) is 20.5. The first-order valence-corrected chi connectivity index (χ1v) is 23.3. The van der Waals surface area contributed by atoms with Crippen molar-refractivity contribution in [3.63, 3.8) is 0 Å². The van der Waals surface area contributed by atoms with Gasteiger partial charge < -0.3 is 5.11 Å². The number of phenols is 1. The normalized spacial score (nSPS) is 13.2. The number of para-hydroxylation sites is 1. The van der Waals surface area contributed by atoms with E-state index in [1.54, 1.807) is 6.07 Å². The average Bonchev–Trinajstić information content (AvgIpc) is 3.72. The molecule has 0 saturated carbocycles. The van der Waals surface area contributed by atoms with Crippen molar-refractivity contribution >= 4 is 11.0 Å². The number of aromatic hydroxyl groups is 1. The molecule has 2 aromatic heterocycles. The molecule has 0 fully saturated rings. The molecule has 0 aliphatic carbocycles. The van der Waals surface area contributed by atoms with Gasteiger partial charge in [0.05, 0.1) is 22.3 Å². The number of pyridine rings is 1. The molecule has 0 spiro atoms. The van der Waals surface area contributed by atoms with Crippen LogP contribution in [0.15, 0.2) is 158 Å². The number of phenolic OH excluding ortho intramolecular Hbond substituents is 1. The van der Waals surface area contributed by atoms with E-state index in [1.165, 1.54) is 0 Å². The Balaban J connectivity index is 0.00000693. The number of fused-ring (bicyclic) bond motifs is 1. The molecule has 4 nitrogen and oxygen atoms in total. The summed E-state index contributed by atoms with van der Waals surface area (Å²) in [6, 6.07) is 54.5. The predicted octanol–water partition coefficient (Wildman–Crippen LogP) is 17.1. The van der Waals surface area contributed by atoms with E-state index in [-0.39, 0.29) is 43.7 Å². The third kappa shape index (κ3) is 9.54. The maximum absolute atomic E-state index is 12.6. The Labute approximate surface area is 424 Å². The van der Waals surface area contributed by atoms with Gasteiger partial charge in [-0.1, -0.05) is 195 Å². The number of hydrogen-bond acceptors (Lipinski definition) is 3. The third-order valence-corrected chi connectivity index (χ3v) is 12.9. The van der Waals surface area contributed by atoms with Gasteiger partial charge in [-0.3, -0.25) is 9.55 Å². The number of hydrogen-bond donors (Lipinski definition) is 1. The van der Waals surface area contributed by atoms with E-state index in [4.69, 9.17) is 15.5 Å². The number of imidazole rings is 1. The Bertz CT molecular complexity index is 3450. The largest absolute Gasteiger partial charge is 0.507 e. The summed E-state index contributed by atoms with van der Waals surface area (Å²) in [6.07, 6.45) is 1.84. The Kier molecular flexibility index (Phi) is 12.0. The molecule has 346 valence electrons. The summed E-state index contributed by atoms with van der Waals surface area (Å²) in [7, 11) is 0.